The quantitative estimate of drug-likeness (QED) is 0.268. The van der Waals surface area contributed by atoms with E-state index in [9.17, 15) is 4.79 Å². The number of aromatic amines is 1. The summed E-state index contributed by atoms with van der Waals surface area (Å²) in [6.45, 7) is 2.91. The van der Waals surface area contributed by atoms with Crippen LogP contribution in [0.1, 0.15) is 42.1 Å². The highest BCUT2D eigenvalue weighted by Gasteiger charge is 2.08. The Bertz CT molecular complexity index is 738. The first kappa shape index (κ1) is 18.1. The predicted octanol–water partition coefficient (Wildman–Crippen LogP) is 3.31. The average Bonchev–Trinajstić information content (AvgIpc) is 3.00. The van der Waals surface area contributed by atoms with Crippen molar-refractivity contribution >= 4 is 40.0 Å². The number of thioether (sulfide) groups is 1. The number of carbonyl (C=O) groups is 1. The van der Waals surface area contributed by atoms with E-state index in [1.807, 2.05) is 24.4 Å². The monoisotopic (exact) mass is 345 g/mol. The number of hydrogen-bond acceptors (Lipinski definition) is 4. The zero-order valence-corrected chi connectivity index (χ0v) is 14.8. The Morgan fingerprint density at radius 1 is 1.42 bits per heavy atom. The second kappa shape index (κ2) is 9.12. The molecule has 0 saturated heterocycles. The largest absolute Gasteiger partial charge is 0.361 e. The lowest BCUT2D eigenvalue weighted by Gasteiger charge is -2.05. The number of fused-ring (bicyclic) bond motifs is 1. The molecule has 24 heavy (non-hydrogen) atoms. The molecule has 0 fully saturated rings. The van der Waals surface area contributed by atoms with Crippen molar-refractivity contribution in [3.05, 3.63) is 35.5 Å². The first-order valence-electron chi connectivity index (χ1n) is 7.96. The molecule has 0 aliphatic rings. The van der Waals surface area contributed by atoms with Crippen LogP contribution >= 0.6 is 11.8 Å². The summed E-state index contributed by atoms with van der Waals surface area (Å²) < 4.78 is 0. The van der Waals surface area contributed by atoms with Crippen LogP contribution in [0.25, 0.3) is 10.9 Å². The molecule has 2 rings (SSSR count). The Labute approximate surface area is 146 Å². The molecule has 1 aromatic carbocycles. The van der Waals surface area contributed by atoms with Gasteiger partial charge in [-0.05, 0) is 30.9 Å². The number of guanidine groups is 1. The summed E-state index contributed by atoms with van der Waals surface area (Å²) in [5, 5.41) is 15.8. The molecule has 0 bridgehead atoms. The molecule has 7 heteroatoms. The van der Waals surface area contributed by atoms with Gasteiger partial charge in [0.2, 0.25) is 11.1 Å². The van der Waals surface area contributed by atoms with Gasteiger partial charge in [0.15, 0.2) is 0 Å². The summed E-state index contributed by atoms with van der Waals surface area (Å²) in [5.74, 6) is 0.181. The first-order chi connectivity index (χ1) is 11.7. The highest BCUT2D eigenvalue weighted by atomic mass is 32.2. The van der Waals surface area contributed by atoms with Gasteiger partial charge in [0.1, 0.15) is 0 Å². The Kier molecular flexibility index (Phi) is 6.87. The van der Waals surface area contributed by atoms with E-state index in [0.717, 1.165) is 42.3 Å². The Hall–Kier alpha value is -2.28. The standard InChI is InChI=1S/C17H23N5OS/c1-3-4-5-8-19-17(18)22-21-11-13-10-20-15-7-6-12(9-14(13)15)16(23)24-2/h6-7,9-11,20H,3-5,8H2,1-2H3,(H3,18,19,22)/b21-11+. The van der Waals surface area contributed by atoms with E-state index in [1.54, 1.807) is 12.5 Å². The number of nitrogens with zero attached hydrogens (tertiary/aromatic N) is 1. The van der Waals surface area contributed by atoms with Gasteiger partial charge < -0.3 is 10.3 Å². The van der Waals surface area contributed by atoms with E-state index >= 15 is 0 Å². The molecule has 6 nitrogen and oxygen atoms in total. The third kappa shape index (κ3) is 4.86. The van der Waals surface area contributed by atoms with Gasteiger partial charge in [0.25, 0.3) is 0 Å². The number of nitrogens with one attached hydrogen (secondary N) is 4. The summed E-state index contributed by atoms with van der Waals surface area (Å²) in [5.41, 5.74) is 5.15. The third-order valence-electron chi connectivity index (χ3n) is 3.60. The van der Waals surface area contributed by atoms with E-state index in [4.69, 9.17) is 5.41 Å². The number of unbranched alkanes of at least 4 members (excludes halogenated alkanes) is 2. The van der Waals surface area contributed by atoms with Crippen molar-refractivity contribution in [2.24, 2.45) is 5.10 Å². The zero-order chi connectivity index (χ0) is 17.4. The van der Waals surface area contributed by atoms with Crippen LogP contribution in [0, 0.1) is 5.41 Å². The van der Waals surface area contributed by atoms with Crippen molar-refractivity contribution in [3.8, 4) is 0 Å². The van der Waals surface area contributed by atoms with Gasteiger partial charge in [0.05, 0.1) is 6.21 Å². The number of H-pyrrole nitrogens is 1. The highest BCUT2D eigenvalue weighted by Crippen LogP contribution is 2.20. The summed E-state index contributed by atoms with van der Waals surface area (Å²) >= 11 is 1.20. The second-order valence-electron chi connectivity index (χ2n) is 5.37. The molecule has 0 unspecified atom stereocenters. The number of carbonyl (C=O) groups excluding carboxylic acids is 1. The van der Waals surface area contributed by atoms with Gasteiger partial charge in [-0.1, -0.05) is 31.5 Å². The van der Waals surface area contributed by atoms with Gasteiger partial charge in [-0.25, -0.2) is 5.43 Å². The molecule has 4 N–H and O–H groups in total. The van der Waals surface area contributed by atoms with Gasteiger partial charge in [-0.2, -0.15) is 5.10 Å². The van der Waals surface area contributed by atoms with Crippen LogP contribution in [0.2, 0.25) is 0 Å². The summed E-state index contributed by atoms with van der Waals surface area (Å²) in [6, 6.07) is 5.56. The molecule has 1 heterocycles. The molecule has 128 valence electrons. The lowest BCUT2D eigenvalue weighted by atomic mass is 10.1. The lowest BCUT2D eigenvalue weighted by molar-refractivity contribution is 0.108. The average molecular weight is 345 g/mol. The summed E-state index contributed by atoms with van der Waals surface area (Å²) in [4.78, 5) is 15.0. The molecule has 2 aromatic rings. The maximum Gasteiger partial charge on any atom is 0.219 e. The summed E-state index contributed by atoms with van der Waals surface area (Å²) in [7, 11) is 0. The predicted molar refractivity (Wildman–Crippen MR) is 102 cm³/mol. The minimum atomic E-state index is 0.0390. The normalized spacial score (nSPS) is 11.1. The van der Waals surface area contributed by atoms with E-state index < -0.39 is 0 Å². The molecule has 0 amide bonds. The van der Waals surface area contributed by atoms with Crippen molar-refractivity contribution in [1.82, 2.24) is 15.7 Å². The zero-order valence-electron chi connectivity index (χ0n) is 14.0. The topological polar surface area (TPSA) is 93.1 Å². The molecule has 0 radical (unpaired) electrons. The smallest absolute Gasteiger partial charge is 0.219 e. The highest BCUT2D eigenvalue weighted by molar-refractivity contribution is 8.13. The number of aromatic nitrogens is 1. The van der Waals surface area contributed by atoms with E-state index in [1.165, 1.54) is 11.8 Å². The molecule has 1 aromatic heterocycles. The van der Waals surface area contributed by atoms with E-state index in [2.05, 4.69) is 27.8 Å². The third-order valence-corrected chi connectivity index (χ3v) is 4.20. The molecule has 0 atom stereocenters. The van der Waals surface area contributed by atoms with Crippen LogP contribution in [-0.2, 0) is 0 Å². The molecule has 0 aliphatic carbocycles. The van der Waals surface area contributed by atoms with Crippen LogP contribution in [0.15, 0.2) is 29.5 Å². The number of rotatable bonds is 7. The molecule has 0 aliphatic heterocycles. The van der Waals surface area contributed by atoms with Crippen molar-refractivity contribution in [2.75, 3.05) is 12.8 Å². The van der Waals surface area contributed by atoms with Crippen molar-refractivity contribution in [3.63, 3.8) is 0 Å². The number of benzene rings is 1. The van der Waals surface area contributed by atoms with Crippen molar-refractivity contribution in [2.45, 2.75) is 26.2 Å². The van der Waals surface area contributed by atoms with E-state index in [-0.39, 0.29) is 11.1 Å². The SMILES string of the molecule is CCCCCNC(=N)N/N=C/c1c[nH]c2ccc(C(=O)SC)cc12. The van der Waals surface area contributed by atoms with Crippen molar-refractivity contribution < 1.29 is 4.79 Å². The molecule has 0 saturated carbocycles. The minimum Gasteiger partial charge on any atom is -0.361 e. The number of hydrogen-bond donors (Lipinski definition) is 4. The fourth-order valence-electron chi connectivity index (χ4n) is 2.29. The second-order valence-corrected chi connectivity index (χ2v) is 6.15. The van der Waals surface area contributed by atoms with Gasteiger partial charge in [-0.3, -0.25) is 10.2 Å². The number of hydrazone groups is 1. The minimum absolute atomic E-state index is 0.0390. The van der Waals surface area contributed by atoms with Crippen LogP contribution in [0.3, 0.4) is 0 Å². The Morgan fingerprint density at radius 2 is 2.25 bits per heavy atom. The Morgan fingerprint density at radius 3 is 3.00 bits per heavy atom. The first-order valence-corrected chi connectivity index (χ1v) is 9.19. The van der Waals surface area contributed by atoms with Crippen LogP contribution in [-0.4, -0.2) is 35.1 Å². The van der Waals surface area contributed by atoms with Crippen LogP contribution < -0.4 is 10.7 Å². The maximum atomic E-state index is 11.8. The lowest BCUT2D eigenvalue weighted by Crippen LogP contribution is -2.33. The van der Waals surface area contributed by atoms with Gasteiger partial charge in [-0.15, -0.1) is 0 Å². The van der Waals surface area contributed by atoms with Gasteiger partial charge >= 0.3 is 0 Å². The van der Waals surface area contributed by atoms with Crippen LogP contribution in [0.4, 0.5) is 0 Å². The molecular weight excluding hydrogens is 322 g/mol. The van der Waals surface area contributed by atoms with E-state index in [0.29, 0.717) is 5.56 Å². The maximum absolute atomic E-state index is 11.8. The summed E-state index contributed by atoms with van der Waals surface area (Å²) in [6.07, 6.45) is 8.60. The van der Waals surface area contributed by atoms with Crippen LogP contribution in [0.5, 0.6) is 0 Å². The van der Waals surface area contributed by atoms with Crippen molar-refractivity contribution in [1.29, 1.82) is 5.41 Å². The fraction of sp³-hybridized carbons (Fsp3) is 0.353. The molecular formula is C17H23N5OS. The van der Waals surface area contributed by atoms with Gasteiger partial charge in [0, 0.05) is 34.8 Å². The Balaban J connectivity index is 1.99. The fourth-order valence-corrected chi connectivity index (χ4v) is 2.65. The molecule has 0 spiro atoms.